The highest BCUT2D eigenvalue weighted by Crippen LogP contribution is 2.20. The fraction of sp³-hybridized carbons (Fsp3) is 0.750. The number of nitrogens with one attached hydrogen (secondary N) is 2. The van der Waals surface area contributed by atoms with Gasteiger partial charge < -0.3 is 10.4 Å². The Bertz CT molecular complexity index is 526. The van der Waals surface area contributed by atoms with Gasteiger partial charge in [-0.1, -0.05) is 0 Å². The summed E-state index contributed by atoms with van der Waals surface area (Å²) in [5.41, 5.74) is -1.26. The Hall–Kier alpha value is -1.64. The van der Waals surface area contributed by atoms with Gasteiger partial charge in [-0.15, -0.1) is 0 Å². The van der Waals surface area contributed by atoms with Crippen LogP contribution in [0, 0.1) is 5.41 Å². The molecule has 0 aliphatic carbocycles. The number of rotatable bonds is 4. The van der Waals surface area contributed by atoms with Crippen LogP contribution in [0.2, 0.25) is 0 Å². The Morgan fingerprint density at radius 1 is 1.19 bits per heavy atom. The molecular weight excluding hydrogens is 300 g/mol. The van der Waals surface area contributed by atoms with Crippen LogP contribution < -0.4 is 10.6 Å². The molecule has 1 aliphatic heterocycles. The van der Waals surface area contributed by atoms with Gasteiger partial charge in [-0.05, 0) is 26.7 Å². The van der Waals surface area contributed by atoms with Crippen molar-refractivity contribution < 1.29 is 27.9 Å². The average molecular weight is 320 g/mol. The van der Waals surface area contributed by atoms with Crippen LogP contribution in [0.5, 0.6) is 0 Å². The van der Waals surface area contributed by atoms with Crippen LogP contribution >= 0.6 is 0 Å². The summed E-state index contributed by atoms with van der Waals surface area (Å²) in [7, 11) is -3.01. The molecule has 1 saturated heterocycles. The number of carboxylic acid groups (broad SMARTS) is 1. The molecule has 0 aromatic carbocycles. The molecule has 0 spiro atoms. The van der Waals surface area contributed by atoms with E-state index in [1.54, 1.807) is 0 Å². The zero-order valence-electron chi connectivity index (χ0n) is 12.0. The standard InChI is InChI=1S/C12H20N2O6S/c1-12(2,10(16)17)7-9(15)14-11(18)13-8-3-5-21(19,20)6-4-8/h8H,3-7H2,1-2H3,(H,16,17)(H2,13,14,15,18). The maximum Gasteiger partial charge on any atom is 0.321 e. The largest absolute Gasteiger partial charge is 0.481 e. The fourth-order valence-electron chi connectivity index (χ4n) is 1.90. The molecule has 9 heteroatoms. The maximum absolute atomic E-state index is 11.6. The first-order chi connectivity index (χ1) is 9.52. The number of sulfone groups is 1. The predicted octanol–water partition coefficient (Wildman–Crippen LogP) is -0.110. The molecule has 0 saturated carbocycles. The van der Waals surface area contributed by atoms with E-state index in [2.05, 4.69) is 10.6 Å². The fourth-order valence-corrected chi connectivity index (χ4v) is 3.40. The van der Waals surface area contributed by atoms with E-state index in [1.807, 2.05) is 0 Å². The molecule has 0 unspecified atom stereocenters. The molecule has 3 amide bonds. The van der Waals surface area contributed by atoms with Crippen LogP contribution in [0.3, 0.4) is 0 Å². The zero-order chi connectivity index (χ0) is 16.3. The van der Waals surface area contributed by atoms with Crippen LogP contribution in [0.25, 0.3) is 0 Å². The summed E-state index contributed by atoms with van der Waals surface area (Å²) in [4.78, 5) is 34.1. The van der Waals surface area contributed by atoms with Gasteiger partial charge in [0.1, 0.15) is 9.84 Å². The molecule has 1 aliphatic rings. The SMILES string of the molecule is CC(C)(CC(=O)NC(=O)NC1CCS(=O)(=O)CC1)C(=O)O. The maximum atomic E-state index is 11.6. The number of imide groups is 1. The summed E-state index contributed by atoms with van der Waals surface area (Å²) in [6.07, 6.45) is 0.296. The lowest BCUT2D eigenvalue weighted by Crippen LogP contribution is -2.48. The summed E-state index contributed by atoms with van der Waals surface area (Å²) < 4.78 is 22.5. The number of hydrogen-bond acceptors (Lipinski definition) is 5. The van der Waals surface area contributed by atoms with Crippen LogP contribution in [0.4, 0.5) is 4.79 Å². The smallest absolute Gasteiger partial charge is 0.321 e. The number of amides is 3. The number of carbonyl (C=O) groups excluding carboxylic acids is 2. The third-order valence-electron chi connectivity index (χ3n) is 3.32. The van der Waals surface area contributed by atoms with Crippen molar-refractivity contribution in [2.24, 2.45) is 5.41 Å². The Labute approximate surface area is 123 Å². The van der Waals surface area contributed by atoms with Crippen LogP contribution in [0.1, 0.15) is 33.1 Å². The monoisotopic (exact) mass is 320 g/mol. The minimum absolute atomic E-state index is 0.0118. The predicted molar refractivity (Wildman–Crippen MR) is 74.4 cm³/mol. The van der Waals surface area contributed by atoms with E-state index < -0.39 is 33.2 Å². The number of urea groups is 1. The molecule has 0 atom stereocenters. The lowest BCUT2D eigenvalue weighted by atomic mass is 9.89. The summed E-state index contributed by atoms with van der Waals surface area (Å²) >= 11 is 0. The Kier molecular flexibility index (Phi) is 5.32. The van der Waals surface area contributed by atoms with E-state index in [4.69, 9.17) is 5.11 Å². The second kappa shape index (κ2) is 6.42. The quantitative estimate of drug-likeness (QED) is 0.662. The minimum atomic E-state index is -3.01. The lowest BCUT2D eigenvalue weighted by molar-refractivity contribution is -0.149. The third kappa shape index (κ3) is 5.70. The molecule has 0 bridgehead atoms. The molecule has 0 radical (unpaired) electrons. The molecule has 21 heavy (non-hydrogen) atoms. The van der Waals surface area contributed by atoms with Gasteiger partial charge in [0.25, 0.3) is 0 Å². The van der Waals surface area contributed by atoms with Gasteiger partial charge in [-0.3, -0.25) is 14.9 Å². The topological polar surface area (TPSA) is 130 Å². The highest BCUT2D eigenvalue weighted by atomic mass is 32.2. The highest BCUT2D eigenvalue weighted by Gasteiger charge is 2.31. The number of carboxylic acids is 1. The van der Waals surface area contributed by atoms with Crippen molar-refractivity contribution in [2.75, 3.05) is 11.5 Å². The van der Waals surface area contributed by atoms with Crippen LogP contribution in [0.15, 0.2) is 0 Å². The third-order valence-corrected chi connectivity index (χ3v) is 5.04. The molecule has 3 N–H and O–H groups in total. The molecule has 1 rings (SSSR count). The highest BCUT2D eigenvalue weighted by molar-refractivity contribution is 7.91. The number of aliphatic carboxylic acids is 1. The summed E-state index contributed by atoms with van der Waals surface area (Å²) in [5.74, 6) is -1.80. The second-order valence-corrected chi connectivity index (χ2v) is 8.12. The first-order valence-electron chi connectivity index (χ1n) is 6.56. The normalized spacial score (nSPS) is 18.8. The Balaban J connectivity index is 2.41. The van der Waals surface area contributed by atoms with Crippen LogP contribution in [-0.2, 0) is 19.4 Å². The number of hydrogen-bond donors (Lipinski definition) is 3. The molecule has 0 aromatic rings. The molecular formula is C12H20N2O6S. The Morgan fingerprint density at radius 2 is 1.71 bits per heavy atom. The summed E-state index contributed by atoms with van der Waals surface area (Å²) in [6.45, 7) is 2.78. The molecule has 120 valence electrons. The second-order valence-electron chi connectivity index (χ2n) is 5.81. The van der Waals surface area contributed by atoms with Gasteiger partial charge in [-0.25, -0.2) is 13.2 Å². The van der Waals surface area contributed by atoms with Gasteiger partial charge in [-0.2, -0.15) is 0 Å². The van der Waals surface area contributed by atoms with Crippen molar-refractivity contribution in [1.29, 1.82) is 0 Å². The lowest BCUT2D eigenvalue weighted by Gasteiger charge is -2.23. The van der Waals surface area contributed by atoms with Crippen molar-refractivity contribution >= 4 is 27.7 Å². The van der Waals surface area contributed by atoms with E-state index in [0.29, 0.717) is 12.8 Å². The molecule has 0 aromatic heterocycles. The van der Waals surface area contributed by atoms with E-state index in [0.717, 1.165) is 0 Å². The summed E-state index contributed by atoms with van der Waals surface area (Å²) in [6, 6.07) is -1.03. The minimum Gasteiger partial charge on any atom is -0.481 e. The molecule has 1 heterocycles. The van der Waals surface area contributed by atoms with Gasteiger partial charge in [0.05, 0.1) is 16.9 Å². The van der Waals surface area contributed by atoms with E-state index in [9.17, 15) is 22.8 Å². The van der Waals surface area contributed by atoms with Gasteiger partial charge in [0, 0.05) is 12.5 Å². The summed E-state index contributed by atoms with van der Waals surface area (Å²) in [5, 5.41) is 13.5. The molecule has 1 fully saturated rings. The first-order valence-corrected chi connectivity index (χ1v) is 8.38. The van der Waals surface area contributed by atoms with Crippen LogP contribution in [-0.4, -0.2) is 49.0 Å². The van der Waals surface area contributed by atoms with Crippen molar-refractivity contribution in [2.45, 2.75) is 39.2 Å². The molecule has 8 nitrogen and oxygen atoms in total. The van der Waals surface area contributed by atoms with E-state index in [-0.39, 0.29) is 24.0 Å². The van der Waals surface area contributed by atoms with Crippen molar-refractivity contribution in [3.8, 4) is 0 Å². The number of carbonyl (C=O) groups is 3. The van der Waals surface area contributed by atoms with Gasteiger partial charge in [0.15, 0.2) is 0 Å². The van der Waals surface area contributed by atoms with E-state index >= 15 is 0 Å². The average Bonchev–Trinajstić information content (AvgIpc) is 2.30. The van der Waals surface area contributed by atoms with Crippen molar-refractivity contribution in [1.82, 2.24) is 10.6 Å². The van der Waals surface area contributed by atoms with Crippen molar-refractivity contribution in [3.05, 3.63) is 0 Å². The Morgan fingerprint density at radius 3 is 2.19 bits per heavy atom. The van der Waals surface area contributed by atoms with E-state index in [1.165, 1.54) is 13.8 Å². The van der Waals surface area contributed by atoms with Crippen molar-refractivity contribution in [3.63, 3.8) is 0 Å². The van der Waals surface area contributed by atoms with Gasteiger partial charge in [0.2, 0.25) is 5.91 Å². The first kappa shape index (κ1) is 17.4. The zero-order valence-corrected chi connectivity index (χ0v) is 12.8. The van der Waals surface area contributed by atoms with Gasteiger partial charge >= 0.3 is 12.0 Å².